The van der Waals surface area contributed by atoms with Crippen molar-refractivity contribution in [3.63, 3.8) is 0 Å². The second-order valence-electron chi connectivity index (χ2n) is 9.88. The van der Waals surface area contributed by atoms with Gasteiger partial charge in [0, 0.05) is 30.1 Å². The third-order valence-corrected chi connectivity index (χ3v) is 9.25. The maximum Gasteiger partial charge on any atom is 0.264 e. The summed E-state index contributed by atoms with van der Waals surface area (Å²) in [4.78, 5) is 28.7. The van der Waals surface area contributed by atoms with Crippen LogP contribution in [0.1, 0.15) is 16.7 Å². The van der Waals surface area contributed by atoms with Gasteiger partial charge in [0.2, 0.25) is 11.8 Å². The van der Waals surface area contributed by atoms with E-state index < -0.39 is 40.2 Å². The number of halogens is 3. The molecular formula is C32H30Cl2FN3O4S. The number of aryl methyl sites for hydroxylation is 1. The Labute approximate surface area is 260 Å². The van der Waals surface area contributed by atoms with Crippen LogP contribution in [0.15, 0.2) is 102 Å². The Morgan fingerprint density at radius 1 is 0.907 bits per heavy atom. The Morgan fingerprint density at radius 2 is 1.56 bits per heavy atom. The van der Waals surface area contributed by atoms with Crippen LogP contribution < -0.4 is 9.62 Å². The number of carbonyl (C=O) groups excluding carboxylic acids is 2. The van der Waals surface area contributed by atoms with Gasteiger partial charge in [0.1, 0.15) is 18.4 Å². The third kappa shape index (κ3) is 7.93. The van der Waals surface area contributed by atoms with Crippen molar-refractivity contribution >= 4 is 50.7 Å². The molecule has 0 radical (unpaired) electrons. The highest BCUT2D eigenvalue weighted by atomic mass is 35.5. The molecule has 0 heterocycles. The molecule has 0 aromatic heterocycles. The lowest BCUT2D eigenvalue weighted by atomic mass is 10.0. The van der Waals surface area contributed by atoms with Crippen molar-refractivity contribution in [2.75, 3.05) is 17.9 Å². The first kappa shape index (κ1) is 32.0. The molecule has 2 amide bonds. The SMILES string of the molecule is CNC(=O)[C@@H](Cc1ccccc1)N(Cc1ccc(Cl)cc1Cl)C(=O)CN(c1ccc(C)cc1)S(=O)(=O)c1ccc(F)cc1. The molecule has 4 rings (SSSR count). The molecule has 0 aliphatic carbocycles. The van der Waals surface area contributed by atoms with Gasteiger partial charge in [-0.3, -0.25) is 13.9 Å². The Morgan fingerprint density at radius 3 is 2.16 bits per heavy atom. The minimum atomic E-state index is -4.33. The van der Waals surface area contributed by atoms with E-state index in [0.29, 0.717) is 10.6 Å². The summed E-state index contributed by atoms with van der Waals surface area (Å²) >= 11 is 12.6. The predicted octanol–water partition coefficient (Wildman–Crippen LogP) is 6.02. The van der Waals surface area contributed by atoms with Gasteiger partial charge in [-0.25, -0.2) is 12.8 Å². The molecule has 0 saturated heterocycles. The largest absolute Gasteiger partial charge is 0.357 e. The number of nitrogens with zero attached hydrogens (tertiary/aromatic N) is 2. The molecule has 1 atom stereocenters. The van der Waals surface area contributed by atoms with Crippen LogP contribution in [0.3, 0.4) is 0 Å². The van der Waals surface area contributed by atoms with E-state index in [9.17, 15) is 22.4 Å². The first-order valence-electron chi connectivity index (χ1n) is 13.3. The van der Waals surface area contributed by atoms with Gasteiger partial charge in [0.25, 0.3) is 10.0 Å². The van der Waals surface area contributed by atoms with Gasteiger partial charge in [-0.15, -0.1) is 0 Å². The fourth-order valence-electron chi connectivity index (χ4n) is 4.53. The number of hydrogen-bond donors (Lipinski definition) is 1. The molecule has 224 valence electrons. The number of likely N-dealkylation sites (N-methyl/N-ethyl adjacent to an activating group) is 1. The number of sulfonamides is 1. The summed E-state index contributed by atoms with van der Waals surface area (Å²) in [6.07, 6.45) is 0.159. The molecule has 0 spiro atoms. The molecule has 1 N–H and O–H groups in total. The summed E-state index contributed by atoms with van der Waals surface area (Å²) in [7, 11) is -2.87. The number of hydrogen-bond acceptors (Lipinski definition) is 4. The molecule has 0 bridgehead atoms. The Kier molecular flexibility index (Phi) is 10.4. The van der Waals surface area contributed by atoms with Gasteiger partial charge in [0.15, 0.2) is 0 Å². The van der Waals surface area contributed by atoms with Crippen molar-refractivity contribution in [3.05, 3.63) is 130 Å². The highest BCUT2D eigenvalue weighted by molar-refractivity contribution is 7.92. The first-order valence-corrected chi connectivity index (χ1v) is 15.5. The Hall–Kier alpha value is -3.92. The zero-order valence-electron chi connectivity index (χ0n) is 23.5. The molecule has 0 unspecified atom stereocenters. The van der Waals surface area contributed by atoms with Crippen LogP contribution in [0.4, 0.5) is 10.1 Å². The Balaban J connectivity index is 1.80. The van der Waals surface area contributed by atoms with Gasteiger partial charge in [-0.2, -0.15) is 0 Å². The van der Waals surface area contributed by atoms with Crippen LogP contribution in [0.2, 0.25) is 10.0 Å². The lowest BCUT2D eigenvalue weighted by molar-refractivity contribution is -0.139. The summed E-state index contributed by atoms with van der Waals surface area (Å²) < 4.78 is 42.4. The van der Waals surface area contributed by atoms with Crippen molar-refractivity contribution in [3.8, 4) is 0 Å². The smallest absolute Gasteiger partial charge is 0.264 e. The van der Waals surface area contributed by atoms with Crippen molar-refractivity contribution < 1.29 is 22.4 Å². The normalized spacial score (nSPS) is 11.9. The van der Waals surface area contributed by atoms with E-state index in [2.05, 4.69) is 5.32 Å². The molecule has 0 aliphatic rings. The van der Waals surface area contributed by atoms with Gasteiger partial charge < -0.3 is 10.2 Å². The molecule has 4 aromatic carbocycles. The second-order valence-corrected chi connectivity index (χ2v) is 12.6. The number of carbonyl (C=O) groups is 2. The minimum Gasteiger partial charge on any atom is -0.357 e. The third-order valence-electron chi connectivity index (χ3n) is 6.88. The van der Waals surface area contributed by atoms with E-state index >= 15 is 0 Å². The summed E-state index contributed by atoms with van der Waals surface area (Å²) in [5.41, 5.74) is 2.43. The van der Waals surface area contributed by atoms with Crippen molar-refractivity contribution in [1.29, 1.82) is 0 Å². The molecule has 11 heteroatoms. The summed E-state index contributed by atoms with van der Waals surface area (Å²) in [5, 5.41) is 3.31. The topological polar surface area (TPSA) is 86.8 Å². The number of benzene rings is 4. The number of amides is 2. The van der Waals surface area contributed by atoms with E-state index in [-0.39, 0.29) is 28.6 Å². The van der Waals surface area contributed by atoms with Crippen LogP contribution in [0.5, 0.6) is 0 Å². The minimum absolute atomic E-state index is 0.0991. The average Bonchev–Trinajstić information content (AvgIpc) is 2.99. The zero-order chi connectivity index (χ0) is 31.1. The summed E-state index contributed by atoms with van der Waals surface area (Å²) in [5.74, 6) is -1.69. The zero-order valence-corrected chi connectivity index (χ0v) is 25.8. The summed E-state index contributed by atoms with van der Waals surface area (Å²) in [6.45, 7) is 1.11. The van der Waals surface area contributed by atoms with Gasteiger partial charge in [-0.05, 0) is 66.6 Å². The standard InChI is InChI=1S/C32H30Cl2FN3O4S/c1-22-8-14-27(15-9-22)38(43(41,42)28-16-12-26(35)13-17-28)21-31(39)37(20-24-10-11-25(33)19-29(24)34)30(32(40)36-2)18-23-6-4-3-5-7-23/h3-17,19,30H,18,20-21H2,1-2H3,(H,36,40)/t30-/m1/s1. The van der Waals surface area contributed by atoms with E-state index in [1.165, 1.54) is 18.0 Å². The van der Waals surface area contributed by atoms with Crippen LogP contribution in [-0.2, 0) is 32.6 Å². The fraction of sp³-hybridized carbons (Fsp3) is 0.188. The number of nitrogens with one attached hydrogen (secondary N) is 1. The Bertz CT molecular complexity index is 1690. The van der Waals surface area contributed by atoms with Crippen LogP contribution in [0.25, 0.3) is 0 Å². The quantitative estimate of drug-likeness (QED) is 0.217. The molecule has 0 fully saturated rings. The fourth-order valence-corrected chi connectivity index (χ4v) is 6.41. The monoisotopic (exact) mass is 641 g/mol. The maximum atomic E-state index is 14.3. The molecule has 0 saturated carbocycles. The molecule has 0 aliphatic heterocycles. The molecule has 4 aromatic rings. The highest BCUT2D eigenvalue weighted by Crippen LogP contribution is 2.27. The lowest BCUT2D eigenvalue weighted by Crippen LogP contribution is -2.53. The van der Waals surface area contributed by atoms with Crippen LogP contribution >= 0.6 is 23.2 Å². The van der Waals surface area contributed by atoms with E-state index in [1.54, 1.807) is 36.4 Å². The predicted molar refractivity (Wildman–Crippen MR) is 167 cm³/mol. The van der Waals surface area contributed by atoms with E-state index in [4.69, 9.17) is 23.2 Å². The van der Waals surface area contributed by atoms with Crippen LogP contribution in [0, 0.1) is 12.7 Å². The van der Waals surface area contributed by atoms with E-state index in [0.717, 1.165) is 39.7 Å². The maximum absolute atomic E-state index is 14.3. The van der Waals surface area contributed by atoms with Crippen molar-refractivity contribution in [2.45, 2.75) is 30.8 Å². The summed E-state index contributed by atoms with van der Waals surface area (Å²) in [6, 6.07) is 24.0. The van der Waals surface area contributed by atoms with Crippen molar-refractivity contribution in [2.24, 2.45) is 0 Å². The van der Waals surface area contributed by atoms with E-state index in [1.807, 2.05) is 37.3 Å². The number of anilines is 1. The molecule has 7 nitrogen and oxygen atoms in total. The molecular weight excluding hydrogens is 612 g/mol. The average molecular weight is 643 g/mol. The first-order chi connectivity index (χ1) is 20.5. The van der Waals surface area contributed by atoms with Gasteiger partial charge >= 0.3 is 0 Å². The second kappa shape index (κ2) is 14.0. The van der Waals surface area contributed by atoms with Gasteiger partial charge in [0.05, 0.1) is 10.6 Å². The van der Waals surface area contributed by atoms with Crippen LogP contribution in [-0.4, -0.2) is 44.8 Å². The van der Waals surface area contributed by atoms with Gasteiger partial charge in [-0.1, -0.05) is 77.3 Å². The van der Waals surface area contributed by atoms with Crippen molar-refractivity contribution in [1.82, 2.24) is 10.2 Å². The molecule has 43 heavy (non-hydrogen) atoms. The highest BCUT2D eigenvalue weighted by Gasteiger charge is 2.34. The lowest BCUT2D eigenvalue weighted by Gasteiger charge is -2.33. The number of rotatable bonds is 11.